The van der Waals surface area contributed by atoms with Gasteiger partial charge in [-0.3, -0.25) is 19.6 Å². The average molecular weight is 427 g/mol. The maximum absolute atomic E-state index is 12.9. The molecule has 2 aromatic heterocycles. The number of benzene rings is 1. The molecule has 1 aromatic carbocycles. The summed E-state index contributed by atoms with van der Waals surface area (Å²) in [6, 6.07) is 5.34. The van der Waals surface area contributed by atoms with E-state index in [1.807, 2.05) is 24.4 Å². The van der Waals surface area contributed by atoms with Gasteiger partial charge in [0.15, 0.2) is 0 Å². The first kappa shape index (κ1) is 18.7. The highest BCUT2D eigenvalue weighted by Crippen LogP contribution is 2.38. The number of halogens is 1. The molecular formula is C20H19ClN6O3. The zero-order valence-electron chi connectivity index (χ0n) is 16.3. The van der Waals surface area contributed by atoms with Crippen molar-refractivity contribution in [2.24, 2.45) is 0 Å². The standard InChI is InChI=1S/C20H19ClN6O3/c1-24-17(28)10-26(20(24)30)11-18(29)25-4-5-27-15-6-13(21)2-3-14(15)19(16(27)9-25)12-7-22-23-8-12/h2-3,6-8H,4-5,9-11H2,1H3,(H,22,23). The molecule has 1 saturated heterocycles. The van der Waals surface area contributed by atoms with Crippen LogP contribution in [0, 0.1) is 0 Å². The summed E-state index contributed by atoms with van der Waals surface area (Å²) in [6.07, 6.45) is 3.59. The molecule has 0 aliphatic carbocycles. The van der Waals surface area contributed by atoms with Gasteiger partial charge >= 0.3 is 6.03 Å². The Balaban J connectivity index is 1.48. The third-order valence-corrected chi connectivity index (χ3v) is 6.03. The molecule has 5 rings (SSSR count). The minimum atomic E-state index is -0.437. The van der Waals surface area contributed by atoms with Crippen molar-refractivity contribution in [1.29, 1.82) is 0 Å². The Morgan fingerprint density at radius 2 is 2.07 bits per heavy atom. The number of fused-ring (bicyclic) bond motifs is 3. The van der Waals surface area contributed by atoms with Gasteiger partial charge in [-0.2, -0.15) is 5.10 Å². The van der Waals surface area contributed by atoms with Gasteiger partial charge in [0.25, 0.3) is 0 Å². The molecule has 4 heterocycles. The van der Waals surface area contributed by atoms with E-state index in [0.717, 1.165) is 32.6 Å². The predicted molar refractivity (Wildman–Crippen MR) is 110 cm³/mol. The van der Waals surface area contributed by atoms with Gasteiger partial charge in [-0.25, -0.2) is 4.79 Å². The normalized spacial score (nSPS) is 16.7. The lowest BCUT2D eigenvalue weighted by Gasteiger charge is -2.31. The van der Waals surface area contributed by atoms with Crippen LogP contribution in [0.4, 0.5) is 4.79 Å². The third kappa shape index (κ3) is 2.85. The van der Waals surface area contributed by atoms with Gasteiger partial charge in [0, 0.05) is 53.6 Å². The molecule has 10 heteroatoms. The first-order valence-electron chi connectivity index (χ1n) is 9.57. The summed E-state index contributed by atoms with van der Waals surface area (Å²) >= 11 is 6.24. The number of hydrogen-bond donors (Lipinski definition) is 1. The minimum absolute atomic E-state index is 0.0616. The lowest BCUT2D eigenvalue weighted by atomic mass is 10.0. The number of carbonyl (C=O) groups is 3. The summed E-state index contributed by atoms with van der Waals surface area (Å²) < 4.78 is 2.19. The third-order valence-electron chi connectivity index (χ3n) is 5.79. The Bertz CT molecular complexity index is 1190. The number of carbonyl (C=O) groups excluding carboxylic acids is 3. The molecule has 30 heavy (non-hydrogen) atoms. The highest BCUT2D eigenvalue weighted by atomic mass is 35.5. The Morgan fingerprint density at radius 1 is 1.23 bits per heavy atom. The summed E-state index contributed by atoms with van der Waals surface area (Å²) in [7, 11) is 1.43. The van der Waals surface area contributed by atoms with Gasteiger partial charge in [-0.1, -0.05) is 17.7 Å². The molecular weight excluding hydrogens is 408 g/mol. The fourth-order valence-corrected chi connectivity index (χ4v) is 4.41. The van der Waals surface area contributed by atoms with Crippen molar-refractivity contribution in [3.63, 3.8) is 0 Å². The van der Waals surface area contributed by atoms with Gasteiger partial charge in [0.2, 0.25) is 11.8 Å². The van der Waals surface area contributed by atoms with Crippen LogP contribution < -0.4 is 0 Å². The van der Waals surface area contributed by atoms with Crippen LogP contribution in [0.1, 0.15) is 5.69 Å². The maximum atomic E-state index is 12.9. The molecule has 0 radical (unpaired) electrons. The molecule has 0 unspecified atom stereocenters. The fourth-order valence-electron chi connectivity index (χ4n) is 4.24. The summed E-state index contributed by atoms with van der Waals surface area (Å²) in [5.74, 6) is -0.482. The number of hydrogen-bond acceptors (Lipinski definition) is 4. The molecule has 4 amide bonds. The second kappa shape index (κ2) is 6.88. The minimum Gasteiger partial charge on any atom is -0.341 e. The smallest absolute Gasteiger partial charge is 0.327 e. The fraction of sp³-hybridized carbons (Fsp3) is 0.300. The second-order valence-corrected chi connectivity index (χ2v) is 7.96. The number of aromatic amines is 1. The Morgan fingerprint density at radius 3 is 2.77 bits per heavy atom. The number of likely N-dealkylation sites (N-methyl/N-ethyl adjacent to an activating group) is 1. The van der Waals surface area contributed by atoms with E-state index >= 15 is 0 Å². The molecule has 2 aliphatic heterocycles. The van der Waals surface area contributed by atoms with Crippen LogP contribution >= 0.6 is 11.6 Å². The number of H-pyrrole nitrogens is 1. The summed E-state index contributed by atoms with van der Waals surface area (Å²) in [6.45, 7) is 1.36. The van der Waals surface area contributed by atoms with Gasteiger partial charge in [0.1, 0.15) is 13.1 Å². The zero-order valence-corrected chi connectivity index (χ0v) is 17.0. The summed E-state index contributed by atoms with van der Waals surface area (Å²) in [5, 5.41) is 8.63. The van der Waals surface area contributed by atoms with E-state index in [2.05, 4.69) is 14.8 Å². The van der Waals surface area contributed by atoms with Crippen molar-refractivity contribution in [2.45, 2.75) is 13.1 Å². The zero-order chi connectivity index (χ0) is 21.0. The van der Waals surface area contributed by atoms with E-state index in [0.29, 0.717) is 24.7 Å². The number of rotatable bonds is 3. The largest absolute Gasteiger partial charge is 0.341 e. The van der Waals surface area contributed by atoms with E-state index < -0.39 is 6.03 Å². The van der Waals surface area contributed by atoms with Crippen molar-refractivity contribution < 1.29 is 14.4 Å². The highest BCUT2D eigenvalue weighted by Gasteiger charge is 2.36. The molecule has 2 aliphatic rings. The van der Waals surface area contributed by atoms with Crippen LogP contribution in [0.3, 0.4) is 0 Å². The number of nitrogens with one attached hydrogen (secondary N) is 1. The Labute approximate surface area is 176 Å². The average Bonchev–Trinajstić information content (AvgIpc) is 3.42. The molecule has 9 nitrogen and oxygen atoms in total. The van der Waals surface area contributed by atoms with Gasteiger partial charge in [-0.15, -0.1) is 0 Å². The van der Waals surface area contributed by atoms with Crippen molar-refractivity contribution in [3.8, 4) is 11.1 Å². The van der Waals surface area contributed by atoms with Crippen LogP contribution in [0.25, 0.3) is 22.0 Å². The van der Waals surface area contributed by atoms with Crippen LogP contribution in [0.2, 0.25) is 5.02 Å². The van der Waals surface area contributed by atoms with Gasteiger partial charge in [0.05, 0.1) is 18.3 Å². The molecule has 3 aromatic rings. The van der Waals surface area contributed by atoms with E-state index in [1.54, 1.807) is 11.1 Å². The number of aromatic nitrogens is 3. The lowest BCUT2D eigenvalue weighted by Crippen LogP contribution is -2.44. The van der Waals surface area contributed by atoms with Crippen molar-refractivity contribution in [2.75, 3.05) is 26.7 Å². The number of nitrogens with zero attached hydrogens (tertiary/aromatic N) is 5. The van der Waals surface area contributed by atoms with Crippen LogP contribution in [-0.2, 0) is 22.7 Å². The molecule has 1 N–H and O–H groups in total. The number of urea groups is 1. The quantitative estimate of drug-likeness (QED) is 0.647. The molecule has 0 atom stereocenters. The van der Waals surface area contributed by atoms with E-state index in [9.17, 15) is 14.4 Å². The Hall–Kier alpha value is -3.33. The summed E-state index contributed by atoms with van der Waals surface area (Å²) in [5.41, 5.74) is 3.96. The van der Waals surface area contributed by atoms with E-state index in [-0.39, 0.29) is 24.9 Å². The molecule has 0 bridgehead atoms. The second-order valence-electron chi connectivity index (χ2n) is 7.53. The predicted octanol–water partition coefficient (Wildman–Crippen LogP) is 1.92. The van der Waals surface area contributed by atoms with E-state index in [1.165, 1.54) is 11.9 Å². The Kier molecular flexibility index (Phi) is 4.28. The molecule has 0 spiro atoms. The van der Waals surface area contributed by atoms with Crippen LogP contribution in [0.5, 0.6) is 0 Å². The SMILES string of the molecule is CN1C(=O)CN(CC(=O)N2CCn3c(c(-c4cn[nH]c4)c4ccc(Cl)cc43)C2)C1=O. The van der Waals surface area contributed by atoms with Crippen LogP contribution in [-0.4, -0.2) is 74.0 Å². The van der Waals surface area contributed by atoms with E-state index in [4.69, 9.17) is 11.6 Å². The van der Waals surface area contributed by atoms with Crippen molar-refractivity contribution in [3.05, 3.63) is 41.3 Å². The van der Waals surface area contributed by atoms with Crippen molar-refractivity contribution in [1.82, 2.24) is 29.5 Å². The number of imide groups is 1. The number of amides is 4. The highest BCUT2D eigenvalue weighted by molar-refractivity contribution is 6.31. The first-order valence-corrected chi connectivity index (χ1v) is 9.95. The lowest BCUT2D eigenvalue weighted by molar-refractivity contribution is -0.133. The maximum Gasteiger partial charge on any atom is 0.327 e. The first-order chi connectivity index (χ1) is 14.4. The van der Waals surface area contributed by atoms with Crippen molar-refractivity contribution >= 4 is 40.3 Å². The monoisotopic (exact) mass is 426 g/mol. The van der Waals surface area contributed by atoms with Crippen LogP contribution in [0.15, 0.2) is 30.6 Å². The summed E-state index contributed by atoms with van der Waals surface area (Å²) in [4.78, 5) is 40.9. The van der Waals surface area contributed by atoms with Gasteiger partial charge < -0.3 is 14.4 Å². The molecule has 154 valence electrons. The molecule has 1 fully saturated rings. The molecule has 0 saturated carbocycles. The topological polar surface area (TPSA) is 94.5 Å². The van der Waals surface area contributed by atoms with Gasteiger partial charge in [-0.05, 0) is 12.1 Å².